The Bertz CT molecular complexity index is 962. The number of pyridine rings is 1. The molecule has 7 nitrogen and oxygen atoms in total. The Balaban J connectivity index is 1.87. The minimum atomic E-state index is -4.82. The third kappa shape index (κ3) is 4.65. The number of hydrogen-bond donors (Lipinski definition) is 4. The van der Waals surface area contributed by atoms with Gasteiger partial charge in [-0.1, -0.05) is 12.1 Å². The topological polar surface area (TPSA) is 113 Å². The SMILES string of the molecule is CC(O)(c1ccc(N=C(N)c2c(N[C@@H]3CCCOC3)cc[nH]c2=O)cc1)C(F)(F)F. The molecule has 0 amide bonds. The molecule has 162 valence electrons. The molecule has 10 heteroatoms. The third-order valence-electron chi connectivity index (χ3n) is 4.97. The zero-order valence-corrected chi connectivity index (χ0v) is 16.3. The minimum Gasteiger partial charge on any atom is -0.383 e. The van der Waals surface area contributed by atoms with E-state index in [1.165, 1.54) is 18.3 Å². The van der Waals surface area contributed by atoms with E-state index in [1.807, 2.05) is 0 Å². The molecule has 1 aromatic heterocycles. The predicted molar refractivity (Wildman–Crippen MR) is 107 cm³/mol. The van der Waals surface area contributed by atoms with Crippen LogP contribution in [0.25, 0.3) is 0 Å². The number of anilines is 1. The van der Waals surface area contributed by atoms with Crippen molar-refractivity contribution in [3.8, 4) is 0 Å². The van der Waals surface area contributed by atoms with E-state index in [4.69, 9.17) is 10.5 Å². The zero-order valence-electron chi connectivity index (χ0n) is 16.3. The van der Waals surface area contributed by atoms with Gasteiger partial charge in [-0.25, -0.2) is 4.99 Å². The number of H-pyrrole nitrogens is 1. The lowest BCUT2D eigenvalue weighted by atomic mass is 9.95. The number of alkyl halides is 3. The summed E-state index contributed by atoms with van der Waals surface area (Å²) in [6.45, 7) is 1.88. The maximum absolute atomic E-state index is 13.0. The Morgan fingerprint density at radius 2 is 2.00 bits per heavy atom. The highest BCUT2D eigenvalue weighted by Crippen LogP contribution is 2.38. The molecule has 1 fully saturated rings. The predicted octanol–water partition coefficient (Wildman–Crippen LogP) is 2.77. The van der Waals surface area contributed by atoms with E-state index < -0.39 is 17.3 Å². The van der Waals surface area contributed by atoms with Crippen molar-refractivity contribution in [2.75, 3.05) is 18.5 Å². The molecule has 2 aromatic rings. The smallest absolute Gasteiger partial charge is 0.383 e. The van der Waals surface area contributed by atoms with Gasteiger partial charge in [0.25, 0.3) is 5.56 Å². The number of aliphatic hydroxyl groups is 1. The summed E-state index contributed by atoms with van der Waals surface area (Å²) in [6.07, 6.45) is -1.56. The number of nitrogens with two attached hydrogens (primary N) is 1. The van der Waals surface area contributed by atoms with Crippen molar-refractivity contribution in [3.63, 3.8) is 0 Å². The molecule has 0 radical (unpaired) electrons. The lowest BCUT2D eigenvalue weighted by Gasteiger charge is -2.26. The second-order valence-corrected chi connectivity index (χ2v) is 7.27. The molecule has 1 unspecified atom stereocenters. The van der Waals surface area contributed by atoms with E-state index in [1.54, 1.807) is 6.07 Å². The van der Waals surface area contributed by atoms with Crippen molar-refractivity contribution in [1.29, 1.82) is 0 Å². The van der Waals surface area contributed by atoms with Gasteiger partial charge in [-0.05, 0) is 43.5 Å². The summed E-state index contributed by atoms with van der Waals surface area (Å²) in [5, 5.41) is 13.0. The number of nitrogens with one attached hydrogen (secondary N) is 2. The van der Waals surface area contributed by atoms with Crippen LogP contribution < -0.4 is 16.6 Å². The molecular formula is C20H23F3N4O3. The molecule has 3 rings (SSSR count). The Labute approximate surface area is 170 Å². The average molecular weight is 424 g/mol. The van der Waals surface area contributed by atoms with Gasteiger partial charge in [-0.3, -0.25) is 4.79 Å². The molecule has 1 aromatic carbocycles. The third-order valence-corrected chi connectivity index (χ3v) is 4.97. The number of halogens is 3. The Morgan fingerprint density at radius 3 is 2.60 bits per heavy atom. The monoisotopic (exact) mass is 424 g/mol. The zero-order chi connectivity index (χ0) is 21.9. The van der Waals surface area contributed by atoms with Crippen molar-refractivity contribution >= 4 is 17.2 Å². The molecule has 30 heavy (non-hydrogen) atoms. The number of amidine groups is 1. The van der Waals surface area contributed by atoms with Crippen LogP contribution in [0, 0.1) is 0 Å². The summed E-state index contributed by atoms with van der Waals surface area (Å²) < 4.78 is 44.4. The van der Waals surface area contributed by atoms with Gasteiger partial charge in [0.1, 0.15) is 11.4 Å². The van der Waals surface area contributed by atoms with Crippen LogP contribution >= 0.6 is 0 Å². The summed E-state index contributed by atoms with van der Waals surface area (Å²) in [4.78, 5) is 19.1. The lowest BCUT2D eigenvalue weighted by molar-refractivity contribution is -0.258. The summed E-state index contributed by atoms with van der Waals surface area (Å²) >= 11 is 0. The molecule has 1 saturated heterocycles. The van der Waals surface area contributed by atoms with Crippen LogP contribution in [0.4, 0.5) is 24.5 Å². The van der Waals surface area contributed by atoms with E-state index in [0.29, 0.717) is 25.8 Å². The summed E-state index contributed by atoms with van der Waals surface area (Å²) in [5.41, 5.74) is 3.15. The van der Waals surface area contributed by atoms with Gasteiger partial charge < -0.3 is 25.9 Å². The molecule has 1 aliphatic rings. The van der Waals surface area contributed by atoms with Gasteiger partial charge in [0, 0.05) is 18.8 Å². The van der Waals surface area contributed by atoms with E-state index in [2.05, 4.69) is 15.3 Å². The number of hydrogen-bond acceptors (Lipinski definition) is 5. The fraction of sp³-hybridized carbons (Fsp3) is 0.400. The molecule has 5 N–H and O–H groups in total. The fourth-order valence-corrected chi connectivity index (χ4v) is 3.15. The van der Waals surface area contributed by atoms with E-state index in [9.17, 15) is 23.1 Å². The van der Waals surface area contributed by atoms with Gasteiger partial charge in [-0.2, -0.15) is 13.2 Å². The first-order valence-corrected chi connectivity index (χ1v) is 9.40. The van der Waals surface area contributed by atoms with Crippen molar-refractivity contribution < 1.29 is 23.0 Å². The summed E-state index contributed by atoms with van der Waals surface area (Å²) in [6, 6.07) is 6.51. The van der Waals surface area contributed by atoms with Crippen molar-refractivity contribution in [2.24, 2.45) is 10.7 Å². The lowest BCUT2D eigenvalue weighted by Crippen LogP contribution is -2.39. The second kappa shape index (κ2) is 8.49. The number of benzene rings is 1. The van der Waals surface area contributed by atoms with Crippen LogP contribution in [0.5, 0.6) is 0 Å². The van der Waals surface area contributed by atoms with Crippen molar-refractivity contribution in [1.82, 2.24) is 4.98 Å². The van der Waals surface area contributed by atoms with Crippen LogP contribution in [0.1, 0.15) is 30.9 Å². The first kappa shape index (κ1) is 21.8. The molecule has 2 heterocycles. The van der Waals surface area contributed by atoms with Crippen LogP contribution in [0.15, 0.2) is 46.3 Å². The van der Waals surface area contributed by atoms with Crippen molar-refractivity contribution in [3.05, 3.63) is 58.0 Å². The van der Waals surface area contributed by atoms with Crippen molar-refractivity contribution in [2.45, 2.75) is 37.6 Å². The van der Waals surface area contributed by atoms with Crippen LogP contribution in [-0.2, 0) is 10.3 Å². The number of nitrogens with zero attached hydrogens (tertiary/aromatic N) is 1. The number of aromatic nitrogens is 1. The molecule has 0 saturated carbocycles. The molecule has 1 aliphatic heterocycles. The summed E-state index contributed by atoms with van der Waals surface area (Å²) in [7, 11) is 0. The largest absolute Gasteiger partial charge is 0.421 e. The van der Waals surface area contributed by atoms with E-state index in [-0.39, 0.29) is 28.7 Å². The Morgan fingerprint density at radius 1 is 1.30 bits per heavy atom. The highest BCUT2D eigenvalue weighted by Gasteiger charge is 2.51. The molecule has 0 aliphatic carbocycles. The molecule has 0 bridgehead atoms. The maximum Gasteiger partial charge on any atom is 0.421 e. The number of aliphatic imine (C=N–C) groups is 1. The highest BCUT2D eigenvalue weighted by molar-refractivity contribution is 6.03. The van der Waals surface area contributed by atoms with Crippen LogP contribution in [-0.4, -0.2) is 41.4 Å². The summed E-state index contributed by atoms with van der Waals surface area (Å²) in [5.74, 6) is -0.0913. The number of aromatic amines is 1. The Kier molecular flexibility index (Phi) is 6.18. The fourth-order valence-electron chi connectivity index (χ4n) is 3.15. The number of ether oxygens (including phenoxy) is 1. The quantitative estimate of drug-likeness (QED) is 0.436. The number of rotatable bonds is 5. The first-order chi connectivity index (χ1) is 14.1. The molecule has 0 spiro atoms. The van der Waals surface area contributed by atoms with E-state index in [0.717, 1.165) is 25.0 Å². The molecule has 2 atom stereocenters. The van der Waals surface area contributed by atoms with Gasteiger partial charge in [0.15, 0.2) is 5.60 Å². The van der Waals surface area contributed by atoms with E-state index >= 15 is 0 Å². The average Bonchev–Trinajstić information content (AvgIpc) is 2.68. The first-order valence-electron chi connectivity index (χ1n) is 9.40. The maximum atomic E-state index is 13.0. The standard InChI is InChI=1S/C20H23F3N4O3/c1-19(29,20(21,22)23)12-4-6-13(7-5-12)27-17(24)16-15(8-9-25-18(16)28)26-14-3-2-10-30-11-14/h4-9,14,29H,2-3,10-11H2,1H3,(H2,24,27)(H2,25,26,28)/t14-,19?/m1/s1. The van der Waals surface area contributed by atoms with Gasteiger partial charge >= 0.3 is 6.18 Å². The van der Waals surface area contributed by atoms with Crippen LogP contribution in [0.2, 0.25) is 0 Å². The van der Waals surface area contributed by atoms with Gasteiger partial charge in [0.2, 0.25) is 0 Å². The Hall–Kier alpha value is -2.85. The minimum absolute atomic E-state index is 0.0241. The van der Waals surface area contributed by atoms with Crippen LogP contribution in [0.3, 0.4) is 0 Å². The van der Waals surface area contributed by atoms with Gasteiger partial charge in [0.05, 0.1) is 18.0 Å². The second-order valence-electron chi connectivity index (χ2n) is 7.27. The van der Waals surface area contributed by atoms with Gasteiger partial charge in [-0.15, -0.1) is 0 Å². The molecular weight excluding hydrogens is 401 g/mol. The highest BCUT2D eigenvalue weighted by atomic mass is 19.4. The normalized spacial score (nSPS) is 19.9.